The lowest BCUT2D eigenvalue weighted by molar-refractivity contribution is -0.361. The molecule has 0 bridgehead atoms. The molecule has 0 saturated carbocycles. The lowest BCUT2D eigenvalue weighted by atomic mass is 9.97. The highest BCUT2D eigenvalue weighted by Gasteiger charge is 2.50. The van der Waals surface area contributed by atoms with Gasteiger partial charge in [-0.1, -0.05) is 0 Å². The fraction of sp³-hybridized carbons (Fsp3) is 1.00. The number of rotatable bonds is 6. The molecular weight excluding hydrogens is 444 g/mol. The molecule has 0 aromatic heterocycles. The maximum atomic E-state index is 10.4. The lowest BCUT2D eigenvalue weighted by Gasteiger charge is -2.45. The molecule has 1 unspecified atom stereocenters. The van der Waals surface area contributed by atoms with E-state index in [0.29, 0.717) is 0 Å². The van der Waals surface area contributed by atoms with Crippen molar-refractivity contribution in [1.29, 1.82) is 0 Å². The molecule has 0 aromatic carbocycles. The van der Waals surface area contributed by atoms with E-state index in [-0.39, 0.29) is 6.61 Å². The van der Waals surface area contributed by atoms with Gasteiger partial charge in [-0.3, -0.25) is 0 Å². The molecule has 3 fully saturated rings. The zero-order chi connectivity index (χ0) is 23.7. The molecule has 0 aromatic rings. The Balaban J connectivity index is 1.70. The highest BCUT2D eigenvalue weighted by molar-refractivity contribution is 4.94. The molecule has 32 heavy (non-hydrogen) atoms. The van der Waals surface area contributed by atoms with Crippen LogP contribution in [0.3, 0.4) is 0 Å². The summed E-state index contributed by atoms with van der Waals surface area (Å²) in [5.74, 6) is 0. The Morgan fingerprint density at radius 2 is 1.31 bits per heavy atom. The van der Waals surface area contributed by atoms with Crippen LogP contribution in [0.1, 0.15) is 0 Å². The van der Waals surface area contributed by atoms with Crippen LogP contribution in [0.15, 0.2) is 0 Å². The van der Waals surface area contributed by atoms with Gasteiger partial charge in [0.05, 0.1) is 19.8 Å². The van der Waals surface area contributed by atoms with Gasteiger partial charge in [-0.2, -0.15) is 0 Å². The van der Waals surface area contributed by atoms with Gasteiger partial charge in [0.1, 0.15) is 67.1 Å². The monoisotopic (exact) mass is 474 g/mol. The molecule has 15 heteroatoms. The van der Waals surface area contributed by atoms with Crippen LogP contribution in [0.2, 0.25) is 0 Å². The second-order valence-corrected chi connectivity index (χ2v) is 7.93. The van der Waals surface area contributed by atoms with Gasteiger partial charge in [-0.25, -0.2) is 0 Å². The Kier molecular flexibility index (Phi) is 8.75. The van der Waals surface area contributed by atoms with E-state index >= 15 is 0 Å². The Hall–Kier alpha value is -0.600. The highest BCUT2D eigenvalue weighted by Crippen LogP contribution is 2.29. The normalized spacial score (nSPS) is 52.7. The summed E-state index contributed by atoms with van der Waals surface area (Å²) in [5.41, 5.74) is 0. The average molecular weight is 474 g/mol. The summed E-state index contributed by atoms with van der Waals surface area (Å²) in [7, 11) is 0. The van der Waals surface area contributed by atoms with Crippen LogP contribution in [-0.4, -0.2) is 157 Å². The van der Waals surface area contributed by atoms with Crippen molar-refractivity contribution in [1.82, 2.24) is 0 Å². The molecule has 188 valence electrons. The first-order valence-corrected chi connectivity index (χ1v) is 9.99. The van der Waals surface area contributed by atoms with Crippen molar-refractivity contribution in [3.05, 3.63) is 0 Å². The summed E-state index contributed by atoms with van der Waals surface area (Å²) in [6.45, 7) is -1.61. The molecule has 15 nitrogen and oxygen atoms in total. The second-order valence-electron chi connectivity index (χ2n) is 7.93. The topological polar surface area (TPSA) is 248 Å². The Morgan fingerprint density at radius 1 is 0.656 bits per heavy atom. The molecule has 3 aliphatic rings. The fourth-order valence-corrected chi connectivity index (χ4v) is 3.67. The van der Waals surface area contributed by atoms with E-state index in [1.807, 2.05) is 0 Å². The van der Waals surface area contributed by atoms with Crippen molar-refractivity contribution in [2.75, 3.05) is 19.8 Å². The van der Waals surface area contributed by atoms with E-state index in [4.69, 9.17) is 23.7 Å². The number of ether oxygens (including phenoxy) is 5. The van der Waals surface area contributed by atoms with Crippen molar-refractivity contribution in [2.24, 2.45) is 0 Å². The molecule has 3 rings (SSSR count). The molecule has 10 N–H and O–H groups in total. The van der Waals surface area contributed by atoms with Gasteiger partial charge in [0.25, 0.3) is 0 Å². The van der Waals surface area contributed by atoms with Crippen molar-refractivity contribution in [2.45, 2.75) is 86.0 Å². The van der Waals surface area contributed by atoms with Crippen LogP contribution in [0, 0.1) is 0 Å². The molecule has 3 heterocycles. The van der Waals surface area contributed by atoms with Crippen LogP contribution in [-0.2, 0) is 23.7 Å². The molecule has 0 aliphatic carbocycles. The third-order valence-electron chi connectivity index (χ3n) is 5.68. The maximum Gasteiger partial charge on any atom is 0.187 e. The molecule has 0 spiro atoms. The number of aliphatic hydroxyl groups excluding tert-OH is 10. The molecular formula is C17H30O15. The van der Waals surface area contributed by atoms with E-state index in [1.54, 1.807) is 0 Å². The summed E-state index contributed by atoms with van der Waals surface area (Å²) in [6.07, 6.45) is -22.5. The van der Waals surface area contributed by atoms with E-state index in [2.05, 4.69) is 0 Å². The van der Waals surface area contributed by atoms with Gasteiger partial charge in [0.2, 0.25) is 0 Å². The largest absolute Gasteiger partial charge is 0.394 e. The van der Waals surface area contributed by atoms with Crippen LogP contribution in [0.5, 0.6) is 0 Å². The third kappa shape index (κ3) is 5.22. The van der Waals surface area contributed by atoms with Crippen molar-refractivity contribution >= 4 is 0 Å². The fourth-order valence-electron chi connectivity index (χ4n) is 3.67. The lowest BCUT2D eigenvalue weighted by Crippen LogP contribution is -2.64. The summed E-state index contributed by atoms with van der Waals surface area (Å²) < 4.78 is 26.3. The van der Waals surface area contributed by atoms with Gasteiger partial charge >= 0.3 is 0 Å². The van der Waals surface area contributed by atoms with Gasteiger partial charge in [0, 0.05) is 0 Å². The zero-order valence-electron chi connectivity index (χ0n) is 16.7. The van der Waals surface area contributed by atoms with E-state index < -0.39 is 99.2 Å². The predicted molar refractivity (Wildman–Crippen MR) is 95.2 cm³/mol. The highest BCUT2D eigenvalue weighted by atomic mass is 16.7. The SMILES string of the molecule is OC[C@H]1O[C@@H](O[C@H]2[C@H](O)[C@@H](O)C(O)O[C@@H]2CO[C@@H]2OC[C@@H](O)[C@H](O)[C@H]2O)[C@H](O)[C@@H](O)[C@@H]1O. The van der Waals surface area contributed by atoms with E-state index in [0.717, 1.165) is 0 Å². The predicted octanol–water partition coefficient (Wildman–Crippen LogP) is -6.93. The third-order valence-corrected chi connectivity index (χ3v) is 5.68. The number of hydrogen-bond acceptors (Lipinski definition) is 15. The minimum atomic E-state index is -1.86. The first-order chi connectivity index (χ1) is 15.1. The molecule has 3 aliphatic heterocycles. The smallest absolute Gasteiger partial charge is 0.187 e. The average Bonchev–Trinajstić information content (AvgIpc) is 2.77. The Bertz CT molecular complexity index is 594. The van der Waals surface area contributed by atoms with E-state index in [1.165, 1.54) is 0 Å². The zero-order valence-corrected chi connectivity index (χ0v) is 16.7. The maximum absolute atomic E-state index is 10.4. The standard InChI is InChI=1S/C17H30O15/c18-1-5-8(21)9(22)13(26)17(31-5)32-14-6(30-15(27)11(24)10(14)23)3-29-16-12(25)7(20)4(19)2-28-16/h4-27H,1-3H2/t4-,5-,6-,7+,8-,9+,10-,11-,12-,13-,14-,15?,16+,17+/m1/s1. The van der Waals surface area contributed by atoms with Crippen LogP contribution in [0.4, 0.5) is 0 Å². The summed E-state index contributed by atoms with van der Waals surface area (Å²) in [5, 5.41) is 98.5. The van der Waals surface area contributed by atoms with Crippen LogP contribution >= 0.6 is 0 Å². The number of hydrogen-bond donors (Lipinski definition) is 10. The Labute approximate surface area is 181 Å². The molecule has 0 amide bonds. The van der Waals surface area contributed by atoms with Gasteiger partial charge < -0.3 is 74.7 Å². The molecule has 0 radical (unpaired) electrons. The number of aliphatic hydroxyl groups is 10. The van der Waals surface area contributed by atoms with Gasteiger partial charge in [-0.05, 0) is 0 Å². The van der Waals surface area contributed by atoms with E-state index in [9.17, 15) is 51.1 Å². The quantitative estimate of drug-likeness (QED) is 0.172. The van der Waals surface area contributed by atoms with Crippen LogP contribution < -0.4 is 0 Å². The second kappa shape index (κ2) is 10.8. The Morgan fingerprint density at radius 3 is 1.97 bits per heavy atom. The first kappa shape index (κ1) is 26.0. The van der Waals surface area contributed by atoms with Crippen LogP contribution in [0.25, 0.3) is 0 Å². The minimum absolute atomic E-state index is 0.344. The van der Waals surface area contributed by atoms with Crippen molar-refractivity contribution in [3.63, 3.8) is 0 Å². The summed E-state index contributed by atoms with van der Waals surface area (Å²) in [6, 6.07) is 0. The van der Waals surface area contributed by atoms with Gasteiger partial charge in [-0.15, -0.1) is 0 Å². The van der Waals surface area contributed by atoms with Crippen molar-refractivity contribution in [3.8, 4) is 0 Å². The summed E-state index contributed by atoms with van der Waals surface area (Å²) in [4.78, 5) is 0. The van der Waals surface area contributed by atoms with Crippen molar-refractivity contribution < 1.29 is 74.7 Å². The van der Waals surface area contributed by atoms with Gasteiger partial charge in [0.15, 0.2) is 18.9 Å². The molecule has 3 saturated heterocycles. The summed E-state index contributed by atoms with van der Waals surface area (Å²) >= 11 is 0. The molecule has 14 atom stereocenters. The minimum Gasteiger partial charge on any atom is -0.394 e. The first-order valence-electron chi connectivity index (χ1n) is 9.99.